The van der Waals surface area contributed by atoms with Gasteiger partial charge in [-0.05, 0) is 24.8 Å². The molecule has 17 heavy (non-hydrogen) atoms. The second kappa shape index (κ2) is 6.48. The van der Waals surface area contributed by atoms with Crippen LogP contribution in [0.2, 0.25) is 0 Å². The third-order valence-electron chi connectivity index (χ3n) is 3.06. The van der Waals surface area contributed by atoms with Gasteiger partial charge in [-0.15, -0.1) is 0 Å². The summed E-state index contributed by atoms with van der Waals surface area (Å²) < 4.78 is 0. The number of hydrogen-bond donors (Lipinski definition) is 0. The van der Waals surface area contributed by atoms with E-state index in [2.05, 4.69) is 69.5 Å². The van der Waals surface area contributed by atoms with Gasteiger partial charge in [-0.1, -0.05) is 57.7 Å². The van der Waals surface area contributed by atoms with E-state index < -0.39 is 0 Å². The first-order valence-electron chi connectivity index (χ1n) is 6.55. The van der Waals surface area contributed by atoms with E-state index in [1.807, 2.05) is 0 Å². The first-order valence-corrected chi connectivity index (χ1v) is 6.55. The summed E-state index contributed by atoms with van der Waals surface area (Å²) in [5, 5.41) is 0. The second-order valence-electron chi connectivity index (χ2n) is 5.03. The molecule has 0 saturated carbocycles. The summed E-state index contributed by atoms with van der Waals surface area (Å²) in [5.41, 5.74) is 2.55. The van der Waals surface area contributed by atoms with Gasteiger partial charge in [-0.3, -0.25) is 0 Å². The molecule has 0 aliphatic heterocycles. The Hall–Kier alpha value is -1.24. The largest absolute Gasteiger partial charge is 0.368 e. The highest BCUT2D eigenvalue weighted by molar-refractivity contribution is 5.21. The smallest absolute Gasteiger partial charge is 0.0562 e. The second-order valence-corrected chi connectivity index (χ2v) is 5.03. The van der Waals surface area contributed by atoms with Crippen LogP contribution in [0.5, 0.6) is 0 Å². The lowest BCUT2D eigenvalue weighted by Gasteiger charge is -2.36. The van der Waals surface area contributed by atoms with E-state index in [4.69, 9.17) is 0 Å². The van der Waals surface area contributed by atoms with Crippen molar-refractivity contribution in [3.05, 3.63) is 48.2 Å². The van der Waals surface area contributed by atoms with Gasteiger partial charge >= 0.3 is 0 Å². The van der Waals surface area contributed by atoms with Crippen LogP contribution in [-0.2, 0) is 0 Å². The van der Waals surface area contributed by atoms with E-state index in [-0.39, 0.29) is 0 Å². The summed E-state index contributed by atoms with van der Waals surface area (Å²) in [7, 11) is 0. The van der Waals surface area contributed by atoms with Gasteiger partial charge in [0.25, 0.3) is 0 Å². The summed E-state index contributed by atoms with van der Waals surface area (Å²) in [6, 6.07) is 11.2. The van der Waals surface area contributed by atoms with E-state index in [1.54, 1.807) is 0 Å². The number of rotatable bonds is 6. The van der Waals surface area contributed by atoms with E-state index in [9.17, 15) is 0 Å². The molecule has 0 bridgehead atoms. The molecule has 0 fully saturated rings. The Morgan fingerprint density at radius 3 is 2.24 bits per heavy atom. The molecule has 0 aliphatic carbocycles. The summed E-state index contributed by atoms with van der Waals surface area (Å²) in [6.45, 7) is 14.1. The Morgan fingerprint density at radius 2 is 1.82 bits per heavy atom. The van der Waals surface area contributed by atoms with Gasteiger partial charge in [0, 0.05) is 12.2 Å². The monoisotopic (exact) mass is 231 g/mol. The fourth-order valence-electron chi connectivity index (χ4n) is 2.38. The minimum absolute atomic E-state index is 0.439. The van der Waals surface area contributed by atoms with E-state index in [1.165, 1.54) is 5.56 Å². The lowest BCUT2D eigenvalue weighted by molar-refractivity contribution is 0.204. The molecule has 1 unspecified atom stereocenters. The molecule has 1 aromatic rings. The lowest BCUT2D eigenvalue weighted by Crippen LogP contribution is -2.31. The maximum atomic E-state index is 4.13. The summed E-state index contributed by atoms with van der Waals surface area (Å²) in [5.74, 6) is 0.584. The van der Waals surface area contributed by atoms with Gasteiger partial charge in [0.05, 0.1) is 6.04 Å². The van der Waals surface area contributed by atoms with Crippen molar-refractivity contribution in [2.45, 2.75) is 40.2 Å². The lowest BCUT2D eigenvalue weighted by atomic mass is 9.94. The minimum Gasteiger partial charge on any atom is -0.368 e. The predicted molar refractivity (Wildman–Crippen MR) is 75.8 cm³/mol. The van der Waals surface area contributed by atoms with Crippen molar-refractivity contribution < 1.29 is 0 Å². The van der Waals surface area contributed by atoms with Gasteiger partial charge in [-0.2, -0.15) is 0 Å². The molecule has 1 aromatic carbocycles. The SMILES string of the molecule is C=C(C)N(CCC)C(c1ccccc1)C(C)C. The van der Waals surface area contributed by atoms with E-state index in [0.29, 0.717) is 12.0 Å². The molecule has 0 aliphatic rings. The van der Waals surface area contributed by atoms with Crippen molar-refractivity contribution in [2.75, 3.05) is 6.54 Å². The first-order chi connectivity index (χ1) is 8.07. The number of allylic oxidation sites excluding steroid dienone is 1. The Kier molecular flexibility index (Phi) is 5.27. The standard InChI is InChI=1S/C16H25N/c1-6-12-17(14(4)5)16(13(2)3)15-10-8-7-9-11-15/h7-11,13,16H,4,6,12H2,1-3,5H3. The van der Waals surface area contributed by atoms with Crippen LogP contribution in [0.15, 0.2) is 42.6 Å². The van der Waals surface area contributed by atoms with Crippen LogP contribution in [0.25, 0.3) is 0 Å². The Labute approximate surface area is 106 Å². The molecule has 94 valence electrons. The zero-order chi connectivity index (χ0) is 12.8. The summed E-state index contributed by atoms with van der Waals surface area (Å²) in [6.07, 6.45) is 1.16. The van der Waals surface area contributed by atoms with Crippen molar-refractivity contribution in [2.24, 2.45) is 5.92 Å². The number of hydrogen-bond acceptors (Lipinski definition) is 1. The Morgan fingerprint density at radius 1 is 1.24 bits per heavy atom. The molecule has 1 atom stereocenters. The summed E-state index contributed by atoms with van der Waals surface area (Å²) in [4.78, 5) is 2.43. The summed E-state index contributed by atoms with van der Waals surface area (Å²) >= 11 is 0. The fraction of sp³-hybridized carbons (Fsp3) is 0.500. The Balaban J connectivity index is 3.03. The molecule has 0 aromatic heterocycles. The third-order valence-corrected chi connectivity index (χ3v) is 3.06. The van der Waals surface area contributed by atoms with E-state index in [0.717, 1.165) is 18.7 Å². The topological polar surface area (TPSA) is 3.24 Å². The van der Waals surface area contributed by atoms with Gasteiger partial charge in [0.1, 0.15) is 0 Å². The van der Waals surface area contributed by atoms with Crippen molar-refractivity contribution in [3.8, 4) is 0 Å². The van der Waals surface area contributed by atoms with Crippen LogP contribution in [0.4, 0.5) is 0 Å². The molecule has 1 rings (SSSR count). The predicted octanol–water partition coefficient (Wildman–Crippen LogP) is 4.63. The average molecular weight is 231 g/mol. The van der Waals surface area contributed by atoms with Crippen LogP contribution in [0.1, 0.15) is 45.7 Å². The van der Waals surface area contributed by atoms with Crippen molar-refractivity contribution in [1.29, 1.82) is 0 Å². The number of nitrogens with zero attached hydrogens (tertiary/aromatic N) is 1. The average Bonchev–Trinajstić information content (AvgIpc) is 2.29. The van der Waals surface area contributed by atoms with Gasteiger partial charge in [0.15, 0.2) is 0 Å². The normalized spacial score (nSPS) is 12.5. The molecule has 1 nitrogen and oxygen atoms in total. The molecule has 0 amide bonds. The quantitative estimate of drug-likeness (QED) is 0.690. The molecular weight excluding hydrogens is 206 g/mol. The molecule has 0 heterocycles. The molecule has 0 saturated heterocycles. The molecular formula is C16H25N. The maximum Gasteiger partial charge on any atom is 0.0562 e. The number of benzene rings is 1. The van der Waals surface area contributed by atoms with Crippen molar-refractivity contribution in [3.63, 3.8) is 0 Å². The van der Waals surface area contributed by atoms with Crippen LogP contribution in [0.3, 0.4) is 0 Å². The van der Waals surface area contributed by atoms with Crippen LogP contribution < -0.4 is 0 Å². The molecule has 0 spiro atoms. The van der Waals surface area contributed by atoms with Crippen LogP contribution in [0, 0.1) is 5.92 Å². The van der Waals surface area contributed by atoms with Gasteiger partial charge < -0.3 is 4.90 Å². The third kappa shape index (κ3) is 3.62. The maximum absolute atomic E-state index is 4.13. The van der Waals surface area contributed by atoms with Crippen LogP contribution >= 0.6 is 0 Å². The molecule has 1 heteroatoms. The minimum atomic E-state index is 0.439. The first kappa shape index (κ1) is 13.8. The van der Waals surface area contributed by atoms with Gasteiger partial charge in [-0.25, -0.2) is 0 Å². The highest BCUT2D eigenvalue weighted by Crippen LogP contribution is 2.30. The molecule has 0 radical (unpaired) electrons. The van der Waals surface area contributed by atoms with Gasteiger partial charge in [0.2, 0.25) is 0 Å². The highest BCUT2D eigenvalue weighted by atomic mass is 15.2. The fourth-order valence-corrected chi connectivity index (χ4v) is 2.38. The zero-order valence-electron chi connectivity index (χ0n) is 11.6. The van der Waals surface area contributed by atoms with Crippen molar-refractivity contribution in [1.82, 2.24) is 4.90 Å². The van der Waals surface area contributed by atoms with E-state index >= 15 is 0 Å². The zero-order valence-corrected chi connectivity index (χ0v) is 11.6. The Bertz CT molecular complexity index is 340. The van der Waals surface area contributed by atoms with Crippen molar-refractivity contribution >= 4 is 0 Å². The van der Waals surface area contributed by atoms with Crippen LogP contribution in [-0.4, -0.2) is 11.4 Å². The molecule has 0 N–H and O–H groups in total. The highest BCUT2D eigenvalue weighted by Gasteiger charge is 2.22.